The lowest BCUT2D eigenvalue weighted by Gasteiger charge is -2.06. The molecule has 19 heavy (non-hydrogen) atoms. The van der Waals surface area contributed by atoms with Gasteiger partial charge in [0, 0.05) is 17.1 Å². The molecule has 6 nitrogen and oxygen atoms in total. The van der Waals surface area contributed by atoms with Gasteiger partial charge in [0.05, 0.1) is 18.5 Å². The molecular formula is C11H13N3O3S2. The maximum atomic E-state index is 12.0. The van der Waals surface area contributed by atoms with Crippen molar-refractivity contribution in [3.63, 3.8) is 0 Å². The third kappa shape index (κ3) is 3.36. The van der Waals surface area contributed by atoms with Gasteiger partial charge in [-0.2, -0.15) is 0 Å². The molecule has 3 N–H and O–H groups in total. The number of rotatable bonds is 5. The quantitative estimate of drug-likeness (QED) is 0.879. The first kappa shape index (κ1) is 13.6. The molecule has 2 heterocycles. The van der Waals surface area contributed by atoms with Crippen LogP contribution in [0, 0.1) is 0 Å². The fourth-order valence-electron chi connectivity index (χ4n) is 1.35. The fourth-order valence-corrected chi connectivity index (χ4v) is 3.47. The van der Waals surface area contributed by atoms with Crippen LogP contribution in [-0.4, -0.2) is 20.0 Å². The van der Waals surface area contributed by atoms with Gasteiger partial charge in [-0.1, -0.05) is 0 Å². The molecule has 102 valence electrons. The van der Waals surface area contributed by atoms with E-state index in [1.54, 1.807) is 17.5 Å². The Hall–Kier alpha value is -1.80. The lowest BCUT2D eigenvalue weighted by molar-refractivity contribution is 0.327. The van der Waals surface area contributed by atoms with Gasteiger partial charge in [0.25, 0.3) is 10.0 Å². The Bertz CT molecular complexity index is 650. The highest BCUT2D eigenvalue weighted by atomic mass is 32.2. The number of nitrogens with two attached hydrogens (primary N) is 1. The van der Waals surface area contributed by atoms with Crippen molar-refractivity contribution in [1.82, 2.24) is 4.98 Å². The van der Waals surface area contributed by atoms with Crippen LogP contribution in [-0.2, 0) is 10.0 Å². The SMILES string of the molecule is CCOc1ccc(NS(=O)(=O)c2cc(N)cs2)cn1. The molecule has 0 bridgehead atoms. The van der Waals surface area contributed by atoms with Crippen molar-refractivity contribution in [2.24, 2.45) is 0 Å². The second-order valence-electron chi connectivity index (χ2n) is 3.62. The molecule has 0 spiro atoms. The second-order valence-corrected chi connectivity index (χ2v) is 6.44. The Morgan fingerprint density at radius 3 is 2.79 bits per heavy atom. The second kappa shape index (κ2) is 5.45. The van der Waals surface area contributed by atoms with Crippen LogP contribution in [0.3, 0.4) is 0 Å². The molecule has 0 amide bonds. The Morgan fingerprint density at radius 2 is 2.26 bits per heavy atom. The van der Waals surface area contributed by atoms with Crippen molar-refractivity contribution in [3.8, 4) is 5.88 Å². The summed E-state index contributed by atoms with van der Waals surface area (Å²) in [7, 11) is -3.61. The molecule has 0 atom stereocenters. The van der Waals surface area contributed by atoms with Gasteiger partial charge in [0.1, 0.15) is 4.21 Å². The normalized spacial score (nSPS) is 11.2. The van der Waals surface area contributed by atoms with Crippen molar-refractivity contribution in [2.45, 2.75) is 11.1 Å². The zero-order valence-corrected chi connectivity index (χ0v) is 11.8. The summed E-state index contributed by atoms with van der Waals surface area (Å²) in [6.07, 6.45) is 1.40. The molecule has 8 heteroatoms. The fraction of sp³-hybridized carbons (Fsp3) is 0.182. The first-order valence-electron chi connectivity index (χ1n) is 5.47. The molecule has 2 aromatic heterocycles. The van der Waals surface area contributed by atoms with Crippen LogP contribution in [0.2, 0.25) is 0 Å². The molecule has 2 aromatic rings. The molecule has 0 fully saturated rings. The molecule has 0 unspecified atom stereocenters. The van der Waals surface area contributed by atoms with Crippen LogP contribution in [0.25, 0.3) is 0 Å². The molecule has 0 saturated carbocycles. The van der Waals surface area contributed by atoms with Crippen LogP contribution in [0.5, 0.6) is 5.88 Å². The summed E-state index contributed by atoms with van der Waals surface area (Å²) >= 11 is 1.07. The maximum absolute atomic E-state index is 12.0. The molecule has 0 aromatic carbocycles. The number of hydrogen-bond donors (Lipinski definition) is 2. The Labute approximate surface area is 115 Å². The zero-order valence-electron chi connectivity index (χ0n) is 10.2. The standard InChI is InChI=1S/C11H13N3O3S2/c1-2-17-10-4-3-9(6-13-10)14-19(15,16)11-5-8(12)7-18-11/h3-7,14H,2,12H2,1H3. The van der Waals surface area contributed by atoms with Gasteiger partial charge in [0.15, 0.2) is 0 Å². The lowest BCUT2D eigenvalue weighted by atomic mass is 10.4. The van der Waals surface area contributed by atoms with Crippen LogP contribution in [0.15, 0.2) is 34.0 Å². The average molecular weight is 299 g/mol. The first-order valence-corrected chi connectivity index (χ1v) is 7.83. The zero-order chi connectivity index (χ0) is 13.9. The minimum absolute atomic E-state index is 0.166. The summed E-state index contributed by atoms with van der Waals surface area (Å²) in [5, 5.41) is 1.57. The first-order chi connectivity index (χ1) is 9.01. The molecule has 0 saturated heterocycles. The summed E-state index contributed by atoms with van der Waals surface area (Å²) in [6.45, 7) is 2.35. The van der Waals surface area contributed by atoms with E-state index >= 15 is 0 Å². The molecule has 0 radical (unpaired) electrons. The van der Waals surface area contributed by atoms with E-state index in [0.29, 0.717) is 23.9 Å². The van der Waals surface area contributed by atoms with Gasteiger partial charge >= 0.3 is 0 Å². The molecule has 2 rings (SSSR count). The van der Waals surface area contributed by atoms with Crippen molar-refractivity contribution in [3.05, 3.63) is 29.8 Å². The van der Waals surface area contributed by atoms with Gasteiger partial charge in [-0.05, 0) is 19.1 Å². The minimum Gasteiger partial charge on any atom is -0.478 e. The summed E-state index contributed by atoms with van der Waals surface area (Å²) in [6, 6.07) is 4.60. The van der Waals surface area contributed by atoms with Crippen molar-refractivity contribution in [2.75, 3.05) is 17.1 Å². The predicted octanol–water partition coefficient (Wildman–Crippen LogP) is 1.92. The van der Waals surface area contributed by atoms with E-state index in [9.17, 15) is 8.42 Å². The van der Waals surface area contributed by atoms with Crippen molar-refractivity contribution >= 4 is 32.7 Å². The van der Waals surface area contributed by atoms with Crippen LogP contribution < -0.4 is 15.2 Å². The van der Waals surface area contributed by atoms with E-state index in [-0.39, 0.29) is 4.21 Å². The van der Waals surface area contributed by atoms with Gasteiger partial charge in [-0.25, -0.2) is 13.4 Å². The third-order valence-electron chi connectivity index (χ3n) is 2.14. The minimum atomic E-state index is -3.61. The number of aromatic nitrogens is 1. The highest BCUT2D eigenvalue weighted by Crippen LogP contribution is 2.24. The Morgan fingerprint density at radius 1 is 1.47 bits per heavy atom. The van der Waals surface area contributed by atoms with Crippen LogP contribution in [0.4, 0.5) is 11.4 Å². The summed E-state index contributed by atoms with van der Waals surface area (Å²) in [5.41, 5.74) is 6.31. The lowest BCUT2D eigenvalue weighted by Crippen LogP contribution is -2.11. The highest BCUT2D eigenvalue weighted by Gasteiger charge is 2.16. The van der Waals surface area contributed by atoms with Gasteiger partial charge in [0.2, 0.25) is 5.88 Å². The van der Waals surface area contributed by atoms with Gasteiger partial charge in [-0.3, -0.25) is 4.72 Å². The largest absolute Gasteiger partial charge is 0.478 e. The number of anilines is 2. The number of ether oxygens (including phenoxy) is 1. The molecule has 0 aliphatic heterocycles. The van der Waals surface area contributed by atoms with E-state index in [4.69, 9.17) is 10.5 Å². The Kier molecular flexibility index (Phi) is 3.91. The number of pyridine rings is 1. The van der Waals surface area contributed by atoms with Crippen LogP contribution in [0.1, 0.15) is 6.92 Å². The van der Waals surface area contributed by atoms with Gasteiger partial charge in [-0.15, -0.1) is 11.3 Å². The number of nitrogen functional groups attached to an aromatic ring is 1. The summed E-state index contributed by atoms with van der Waals surface area (Å²) in [4.78, 5) is 3.98. The molecule has 0 aliphatic carbocycles. The van der Waals surface area contributed by atoms with E-state index in [1.807, 2.05) is 6.92 Å². The van der Waals surface area contributed by atoms with Gasteiger partial charge < -0.3 is 10.5 Å². The van der Waals surface area contributed by atoms with Crippen LogP contribution >= 0.6 is 11.3 Å². The third-order valence-corrected chi connectivity index (χ3v) is 4.98. The average Bonchev–Trinajstić information content (AvgIpc) is 2.79. The topological polar surface area (TPSA) is 94.3 Å². The maximum Gasteiger partial charge on any atom is 0.271 e. The number of nitrogens with one attached hydrogen (secondary N) is 1. The highest BCUT2D eigenvalue weighted by molar-refractivity contribution is 7.94. The van der Waals surface area contributed by atoms with E-state index in [1.165, 1.54) is 12.3 Å². The number of nitrogens with zero attached hydrogens (tertiary/aromatic N) is 1. The van der Waals surface area contributed by atoms with Crippen molar-refractivity contribution in [1.29, 1.82) is 0 Å². The molecule has 0 aliphatic rings. The summed E-state index contributed by atoms with van der Waals surface area (Å²) < 4.78 is 31.8. The molecular weight excluding hydrogens is 286 g/mol. The summed E-state index contributed by atoms with van der Waals surface area (Å²) in [5.74, 6) is 0.450. The number of sulfonamides is 1. The van der Waals surface area contributed by atoms with Crippen molar-refractivity contribution < 1.29 is 13.2 Å². The van der Waals surface area contributed by atoms with E-state index in [2.05, 4.69) is 9.71 Å². The smallest absolute Gasteiger partial charge is 0.271 e. The van der Waals surface area contributed by atoms with E-state index < -0.39 is 10.0 Å². The van der Waals surface area contributed by atoms with E-state index in [0.717, 1.165) is 11.3 Å². The number of hydrogen-bond acceptors (Lipinski definition) is 6. The number of thiophene rings is 1. The Balaban J connectivity index is 2.16. The predicted molar refractivity (Wildman–Crippen MR) is 74.9 cm³/mol. The monoisotopic (exact) mass is 299 g/mol.